The fourth-order valence-electron chi connectivity index (χ4n) is 1.32. The highest BCUT2D eigenvalue weighted by Gasteiger charge is 2.79. The van der Waals surface area contributed by atoms with Crippen molar-refractivity contribution < 1.29 is 36.5 Å². The van der Waals surface area contributed by atoms with Gasteiger partial charge in [0.1, 0.15) is 0 Å². The van der Waals surface area contributed by atoms with Gasteiger partial charge >= 0.3 is 17.9 Å². The van der Waals surface area contributed by atoms with Crippen LogP contribution in [0.1, 0.15) is 6.42 Å². The van der Waals surface area contributed by atoms with Crippen molar-refractivity contribution in [3.8, 4) is 0 Å². The lowest BCUT2D eigenvalue weighted by Gasteiger charge is -2.47. The van der Waals surface area contributed by atoms with Crippen LogP contribution in [0, 0.1) is 0 Å². The van der Waals surface area contributed by atoms with E-state index in [0.717, 1.165) is 29.7 Å². The van der Waals surface area contributed by atoms with Gasteiger partial charge < -0.3 is 14.6 Å². The Kier molecular flexibility index (Phi) is 3.48. The van der Waals surface area contributed by atoms with Gasteiger partial charge in [0.05, 0.1) is 6.61 Å². The smallest absolute Gasteiger partial charge is 0.361 e. The number of ether oxygens (including phenoxy) is 2. The minimum Gasteiger partial charge on any atom is -0.361 e. The summed E-state index contributed by atoms with van der Waals surface area (Å²) in [6.45, 7) is -0.678. The Hall–Kier alpha value is 0.260. The van der Waals surface area contributed by atoms with Gasteiger partial charge in [-0.25, -0.2) is 0 Å². The van der Waals surface area contributed by atoms with Crippen LogP contribution in [0.25, 0.3) is 0 Å². The predicted molar refractivity (Wildman–Crippen MR) is 50.3 cm³/mol. The van der Waals surface area contributed by atoms with Gasteiger partial charge in [0, 0.05) is 13.5 Å². The first-order valence-corrected chi connectivity index (χ1v) is 5.14. The average molecular weight is 362 g/mol. The molecule has 1 rings (SSSR count). The first kappa shape index (κ1) is 14.3. The quantitative estimate of drug-likeness (QED) is 0.441. The van der Waals surface area contributed by atoms with Gasteiger partial charge in [0.15, 0.2) is 3.61 Å². The van der Waals surface area contributed by atoms with Crippen molar-refractivity contribution in [2.45, 2.75) is 27.9 Å². The van der Waals surface area contributed by atoms with Crippen LogP contribution in [0.5, 0.6) is 0 Å². The van der Waals surface area contributed by atoms with E-state index in [-0.39, 0.29) is 0 Å². The largest absolute Gasteiger partial charge is 0.449 e. The molecular weight excluding hydrogens is 354 g/mol. The summed E-state index contributed by atoms with van der Waals surface area (Å²) in [7, 11) is 0.850. The molecule has 3 nitrogen and oxygen atoms in total. The molecule has 0 radical (unpaired) electrons. The van der Waals surface area contributed by atoms with E-state index in [0.29, 0.717) is 0 Å². The maximum Gasteiger partial charge on any atom is 0.449 e. The minimum atomic E-state index is -5.61. The number of hydrogen-bond donors (Lipinski definition) is 1. The van der Waals surface area contributed by atoms with Crippen molar-refractivity contribution in [1.82, 2.24) is 0 Å². The summed E-state index contributed by atoms with van der Waals surface area (Å²) in [5.74, 6) is -9.12. The van der Waals surface area contributed by atoms with Gasteiger partial charge in [-0.05, 0) is 22.6 Å². The molecule has 0 aromatic rings. The van der Waals surface area contributed by atoms with E-state index in [1.807, 2.05) is 0 Å². The van der Waals surface area contributed by atoms with Crippen LogP contribution in [0.15, 0.2) is 0 Å². The molecule has 16 heavy (non-hydrogen) atoms. The Morgan fingerprint density at radius 3 is 2.25 bits per heavy atom. The fourth-order valence-corrected chi connectivity index (χ4v) is 1.91. The molecule has 1 fully saturated rings. The first-order valence-electron chi connectivity index (χ1n) is 4.07. The van der Waals surface area contributed by atoms with Crippen molar-refractivity contribution in [2.75, 3.05) is 13.7 Å². The lowest BCUT2D eigenvalue weighted by Crippen LogP contribution is -2.71. The zero-order valence-electron chi connectivity index (χ0n) is 7.95. The zero-order valence-corrected chi connectivity index (χ0v) is 10.1. The molecular formula is C7H8F5IO3. The molecule has 2 atom stereocenters. The third kappa shape index (κ3) is 1.71. The average Bonchev–Trinajstić information content (AvgIpc) is 2.13. The molecule has 1 aliphatic rings. The van der Waals surface area contributed by atoms with Gasteiger partial charge in [-0.2, -0.15) is 22.0 Å². The van der Waals surface area contributed by atoms with E-state index < -0.39 is 34.5 Å². The van der Waals surface area contributed by atoms with Gasteiger partial charge in [-0.1, -0.05) is 0 Å². The van der Waals surface area contributed by atoms with Crippen LogP contribution < -0.4 is 0 Å². The van der Waals surface area contributed by atoms with Crippen LogP contribution >= 0.6 is 22.6 Å². The van der Waals surface area contributed by atoms with Crippen molar-refractivity contribution in [3.63, 3.8) is 0 Å². The second kappa shape index (κ2) is 3.89. The zero-order chi connectivity index (χ0) is 12.8. The Labute approximate surface area is 101 Å². The molecule has 0 spiro atoms. The molecule has 1 aliphatic heterocycles. The molecule has 2 unspecified atom stereocenters. The summed E-state index contributed by atoms with van der Waals surface area (Å²) in [6, 6.07) is 0. The summed E-state index contributed by atoms with van der Waals surface area (Å²) < 4.78 is 70.1. The van der Waals surface area contributed by atoms with Crippen LogP contribution in [-0.2, 0) is 9.47 Å². The maximum absolute atomic E-state index is 13.6. The van der Waals surface area contributed by atoms with Crippen LogP contribution in [0.3, 0.4) is 0 Å². The van der Waals surface area contributed by atoms with E-state index >= 15 is 0 Å². The molecule has 1 saturated heterocycles. The summed E-state index contributed by atoms with van der Waals surface area (Å²) >= 11 is 1.05. The molecule has 0 amide bonds. The summed E-state index contributed by atoms with van der Waals surface area (Å²) in [5.41, 5.74) is 0. The monoisotopic (exact) mass is 362 g/mol. The molecule has 0 aliphatic carbocycles. The summed E-state index contributed by atoms with van der Waals surface area (Å²) in [6.07, 6.45) is -6.07. The predicted octanol–water partition coefficient (Wildman–Crippen LogP) is 2.07. The Balaban J connectivity index is 3.23. The third-order valence-corrected chi connectivity index (χ3v) is 3.99. The van der Waals surface area contributed by atoms with Gasteiger partial charge in [-0.15, -0.1) is 0 Å². The van der Waals surface area contributed by atoms with E-state index in [4.69, 9.17) is 5.11 Å². The first-order chi connectivity index (χ1) is 7.02. The van der Waals surface area contributed by atoms with Gasteiger partial charge in [0.25, 0.3) is 0 Å². The fraction of sp³-hybridized carbons (Fsp3) is 1.00. The summed E-state index contributed by atoms with van der Waals surface area (Å²) in [5, 5.41) is 9.02. The summed E-state index contributed by atoms with van der Waals surface area (Å²) in [4.78, 5) is 0. The number of hydrogen-bond acceptors (Lipinski definition) is 3. The van der Waals surface area contributed by atoms with Gasteiger partial charge in [0.2, 0.25) is 0 Å². The van der Waals surface area contributed by atoms with E-state index in [9.17, 15) is 22.0 Å². The van der Waals surface area contributed by atoms with Crippen molar-refractivity contribution >= 4 is 22.6 Å². The molecule has 9 heteroatoms. The number of aliphatic hydroxyl groups is 1. The lowest BCUT2D eigenvalue weighted by molar-refractivity contribution is -0.459. The Morgan fingerprint density at radius 2 is 1.88 bits per heavy atom. The molecule has 0 aromatic carbocycles. The molecule has 1 heterocycles. The number of alkyl halides is 6. The molecule has 0 saturated carbocycles. The third-order valence-electron chi connectivity index (χ3n) is 2.34. The topological polar surface area (TPSA) is 38.7 Å². The highest BCUT2D eigenvalue weighted by molar-refractivity contribution is 14.1. The van der Waals surface area contributed by atoms with E-state index in [1.165, 1.54) is 0 Å². The molecule has 1 N–H and O–H groups in total. The second-order valence-corrected chi connectivity index (χ2v) is 4.99. The molecule has 0 aromatic heterocycles. The standard InChI is InChI=1S/C7H8F5IO3/c1-15-4(13)2-3-16-6(14,5(4,8)9)7(10,11)12/h14H,2-3H2,1H3. The van der Waals surface area contributed by atoms with Crippen molar-refractivity contribution in [1.29, 1.82) is 0 Å². The number of rotatable bonds is 1. The van der Waals surface area contributed by atoms with Crippen LogP contribution in [0.2, 0.25) is 0 Å². The Morgan fingerprint density at radius 1 is 1.38 bits per heavy atom. The van der Waals surface area contributed by atoms with E-state index in [2.05, 4.69) is 9.47 Å². The minimum absolute atomic E-state index is 0.463. The highest BCUT2D eigenvalue weighted by atomic mass is 127. The van der Waals surface area contributed by atoms with Crippen LogP contribution in [0.4, 0.5) is 22.0 Å². The van der Waals surface area contributed by atoms with Gasteiger partial charge in [-0.3, -0.25) is 0 Å². The molecule has 96 valence electrons. The van der Waals surface area contributed by atoms with E-state index in [1.54, 1.807) is 0 Å². The van der Waals surface area contributed by atoms with Crippen molar-refractivity contribution in [2.24, 2.45) is 0 Å². The number of methoxy groups -OCH3 is 1. The Bertz CT molecular complexity index is 284. The highest BCUT2D eigenvalue weighted by Crippen LogP contribution is 2.55. The molecule has 0 bridgehead atoms. The number of halogens is 6. The second-order valence-electron chi connectivity index (χ2n) is 3.25. The van der Waals surface area contributed by atoms with Crippen molar-refractivity contribution in [3.05, 3.63) is 0 Å². The normalized spacial score (nSPS) is 39.8. The van der Waals surface area contributed by atoms with Crippen LogP contribution in [-0.4, -0.2) is 40.3 Å². The SMILES string of the molecule is COC1(I)CCOC(O)(C(F)(F)F)C1(F)F. The maximum atomic E-state index is 13.6. The lowest BCUT2D eigenvalue weighted by atomic mass is 9.97.